The molecule has 0 spiro atoms. The predicted molar refractivity (Wildman–Crippen MR) is 110 cm³/mol. The minimum absolute atomic E-state index is 0.301. The van der Waals surface area contributed by atoms with Gasteiger partial charge < -0.3 is 20.8 Å². The summed E-state index contributed by atoms with van der Waals surface area (Å²) in [6.45, 7) is 0. The number of carboxylic acids is 2. The highest BCUT2D eigenvalue weighted by Gasteiger charge is 2.36. The molecular weight excluding hydrogens is 388 g/mol. The molecule has 30 heavy (non-hydrogen) atoms. The second kappa shape index (κ2) is 9.73. The number of carboxylic acid groups (broad SMARTS) is 2. The minimum atomic E-state index is -0.935. The number of benzene rings is 1. The van der Waals surface area contributed by atoms with Gasteiger partial charge in [-0.2, -0.15) is 0 Å². The fourth-order valence-corrected chi connectivity index (χ4v) is 4.59. The lowest BCUT2D eigenvalue weighted by Gasteiger charge is -2.27. The topological polar surface area (TPSA) is 133 Å². The van der Waals surface area contributed by atoms with Gasteiger partial charge in [0.2, 0.25) is 11.8 Å². The van der Waals surface area contributed by atoms with Crippen molar-refractivity contribution in [2.75, 3.05) is 10.6 Å². The van der Waals surface area contributed by atoms with Crippen LogP contribution in [0.15, 0.2) is 24.3 Å². The first kappa shape index (κ1) is 21.8. The largest absolute Gasteiger partial charge is 0.481 e. The summed E-state index contributed by atoms with van der Waals surface area (Å²) in [5.41, 5.74) is 1.04. The van der Waals surface area contributed by atoms with Crippen LogP contribution in [0, 0.1) is 23.7 Å². The number of amides is 2. The smallest absolute Gasteiger partial charge is 0.307 e. The number of carbonyl (C=O) groups excluding carboxylic acids is 2. The van der Waals surface area contributed by atoms with Gasteiger partial charge in [-0.1, -0.05) is 25.7 Å². The van der Waals surface area contributed by atoms with E-state index in [9.17, 15) is 29.4 Å². The van der Waals surface area contributed by atoms with Crippen molar-refractivity contribution in [3.05, 3.63) is 24.3 Å². The SMILES string of the molecule is O=C(O)C1CCCCC1C(=O)Nc1ccc(NC(=O)C2CCCCC2C(=O)O)cc1. The van der Waals surface area contributed by atoms with Crippen LogP contribution >= 0.6 is 0 Å². The Labute approximate surface area is 175 Å². The van der Waals surface area contributed by atoms with Crippen LogP contribution in [-0.2, 0) is 19.2 Å². The van der Waals surface area contributed by atoms with Crippen molar-refractivity contribution in [1.29, 1.82) is 0 Å². The Morgan fingerprint density at radius 1 is 0.600 bits per heavy atom. The number of anilines is 2. The zero-order valence-electron chi connectivity index (χ0n) is 16.8. The van der Waals surface area contributed by atoms with E-state index in [0.29, 0.717) is 37.1 Å². The Balaban J connectivity index is 1.59. The van der Waals surface area contributed by atoms with E-state index in [1.807, 2.05) is 0 Å². The van der Waals surface area contributed by atoms with Gasteiger partial charge in [0.1, 0.15) is 0 Å². The van der Waals surface area contributed by atoms with E-state index in [1.54, 1.807) is 24.3 Å². The van der Waals surface area contributed by atoms with Crippen LogP contribution in [0.3, 0.4) is 0 Å². The Morgan fingerprint density at radius 2 is 0.900 bits per heavy atom. The first-order chi connectivity index (χ1) is 14.4. The van der Waals surface area contributed by atoms with Gasteiger partial charge >= 0.3 is 11.9 Å². The van der Waals surface area contributed by atoms with E-state index in [-0.39, 0.29) is 11.8 Å². The lowest BCUT2D eigenvalue weighted by Crippen LogP contribution is -2.36. The molecule has 2 amide bonds. The highest BCUT2D eigenvalue weighted by molar-refractivity contribution is 5.97. The molecule has 0 aliphatic heterocycles. The molecule has 2 fully saturated rings. The molecule has 2 aliphatic carbocycles. The number of rotatable bonds is 6. The van der Waals surface area contributed by atoms with Crippen molar-refractivity contribution < 1.29 is 29.4 Å². The fourth-order valence-electron chi connectivity index (χ4n) is 4.59. The number of carbonyl (C=O) groups is 4. The fraction of sp³-hybridized carbons (Fsp3) is 0.545. The molecule has 0 aromatic heterocycles. The van der Waals surface area contributed by atoms with E-state index < -0.39 is 35.6 Å². The van der Waals surface area contributed by atoms with Crippen molar-refractivity contribution in [2.45, 2.75) is 51.4 Å². The quantitative estimate of drug-likeness (QED) is 0.562. The summed E-state index contributed by atoms with van der Waals surface area (Å²) in [7, 11) is 0. The van der Waals surface area contributed by atoms with Crippen molar-refractivity contribution in [3.63, 3.8) is 0 Å². The Hall–Kier alpha value is -2.90. The van der Waals surface area contributed by atoms with Crippen LogP contribution in [0.25, 0.3) is 0 Å². The molecule has 8 heteroatoms. The molecule has 162 valence electrons. The maximum atomic E-state index is 12.6. The molecule has 4 N–H and O–H groups in total. The Bertz CT molecular complexity index is 739. The maximum absolute atomic E-state index is 12.6. The van der Waals surface area contributed by atoms with Crippen LogP contribution in [0.4, 0.5) is 11.4 Å². The van der Waals surface area contributed by atoms with Gasteiger partial charge in [-0.05, 0) is 49.9 Å². The third-order valence-electron chi connectivity index (χ3n) is 6.26. The summed E-state index contributed by atoms with van der Waals surface area (Å²) in [4.78, 5) is 47.9. The molecule has 2 saturated carbocycles. The van der Waals surface area contributed by atoms with Gasteiger partial charge in [-0.25, -0.2) is 0 Å². The van der Waals surface area contributed by atoms with Crippen LogP contribution < -0.4 is 10.6 Å². The van der Waals surface area contributed by atoms with Gasteiger partial charge in [0.25, 0.3) is 0 Å². The molecule has 4 unspecified atom stereocenters. The van der Waals surface area contributed by atoms with Crippen LogP contribution in [0.1, 0.15) is 51.4 Å². The lowest BCUT2D eigenvalue weighted by molar-refractivity contribution is -0.148. The maximum Gasteiger partial charge on any atom is 0.307 e. The molecule has 1 aromatic rings. The van der Waals surface area contributed by atoms with Gasteiger partial charge in [0, 0.05) is 11.4 Å². The monoisotopic (exact) mass is 416 g/mol. The van der Waals surface area contributed by atoms with Crippen molar-refractivity contribution in [2.24, 2.45) is 23.7 Å². The zero-order chi connectivity index (χ0) is 21.7. The second-order valence-electron chi connectivity index (χ2n) is 8.23. The molecule has 0 heterocycles. The molecule has 2 aliphatic rings. The first-order valence-corrected chi connectivity index (χ1v) is 10.5. The zero-order valence-corrected chi connectivity index (χ0v) is 16.8. The van der Waals surface area contributed by atoms with E-state index in [1.165, 1.54) is 0 Å². The molecule has 0 radical (unpaired) electrons. The molecule has 4 atom stereocenters. The highest BCUT2D eigenvalue weighted by Crippen LogP contribution is 2.32. The van der Waals surface area contributed by atoms with Crippen molar-refractivity contribution in [3.8, 4) is 0 Å². The summed E-state index contributed by atoms with van der Waals surface area (Å²) < 4.78 is 0. The summed E-state index contributed by atoms with van der Waals surface area (Å²) >= 11 is 0. The number of hydrogen-bond acceptors (Lipinski definition) is 4. The molecule has 3 rings (SSSR count). The standard InChI is InChI=1S/C22H28N2O6/c25-19(15-5-1-3-7-17(15)21(27)28)23-13-9-11-14(12-10-13)24-20(26)16-6-2-4-8-18(16)22(29)30/h9-12,15-18H,1-8H2,(H,23,25)(H,24,26)(H,27,28)(H,29,30). The summed E-state index contributed by atoms with van der Waals surface area (Å²) in [6.07, 6.45) is 5.45. The summed E-state index contributed by atoms with van der Waals surface area (Å²) in [5, 5.41) is 24.2. The van der Waals surface area contributed by atoms with Gasteiger partial charge in [-0.15, -0.1) is 0 Å². The molecule has 0 saturated heterocycles. The van der Waals surface area contributed by atoms with Crippen LogP contribution in [0.5, 0.6) is 0 Å². The minimum Gasteiger partial charge on any atom is -0.481 e. The predicted octanol–water partition coefficient (Wildman–Crippen LogP) is 3.35. The second-order valence-corrected chi connectivity index (χ2v) is 8.23. The molecular formula is C22H28N2O6. The normalized spacial score (nSPS) is 26.4. The third kappa shape index (κ3) is 5.17. The summed E-state index contributed by atoms with van der Waals surface area (Å²) in [6, 6.07) is 6.56. The van der Waals surface area contributed by atoms with E-state index in [4.69, 9.17) is 0 Å². The molecule has 0 bridgehead atoms. The Morgan fingerprint density at radius 3 is 1.20 bits per heavy atom. The van der Waals surface area contributed by atoms with Gasteiger partial charge in [0.15, 0.2) is 0 Å². The lowest BCUT2D eigenvalue weighted by atomic mass is 9.78. The van der Waals surface area contributed by atoms with Crippen LogP contribution in [0.2, 0.25) is 0 Å². The Kier molecular flexibility index (Phi) is 7.07. The van der Waals surface area contributed by atoms with Gasteiger partial charge in [-0.3, -0.25) is 19.2 Å². The van der Waals surface area contributed by atoms with E-state index in [2.05, 4.69) is 10.6 Å². The van der Waals surface area contributed by atoms with Crippen LogP contribution in [-0.4, -0.2) is 34.0 Å². The highest BCUT2D eigenvalue weighted by atomic mass is 16.4. The average molecular weight is 416 g/mol. The average Bonchev–Trinajstić information content (AvgIpc) is 2.75. The molecule has 8 nitrogen and oxygen atoms in total. The number of hydrogen-bond donors (Lipinski definition) is 4. The number of nitrogens with one attached hydrogen (secondary N) is 2. The van der Waals surface area contributed by atoms with Gasteiger partial charge in [0.05, 0.1) is 23.7 Å². The first-order valence-electron chi connectivity index (χ1n) is 10.5. The molecule has 1 aromatic carbocycles. The van der Waals surface area contributed by atoms with Crippen molar-refractivity contribution >= 4 is 35.1 Å². The van der Waals surface area contributed by atoms with Crippen molar-refractivity contribution in [1.82, 2.24) is 0 Å². The summed E-state index contributed by atoms with van der Waals surface area (Å²) in [5.74, 6) is -4.88. The number of aliphatic carboxylic acids is 2. The van der Waals surface area contributed by atoms with E-state index >= 15 is 0 Å². The van der Waals surface area contributed by atoms with E-state index in [0.717, 1.165) is 25.7 Å². The third-order valence-corrected chi connectivity index (χ3v) is 6.26.